The van der Waals surface area contributed by atoms with E-state index in [2.05, 4.69) is 10.6 Å². The van der Waals surface area contributed by atoms with Crippen molar-refractivity contribution in [3.05, 3.63) is 0 Å². The van der Waals surface area contributed by atoms with Crippen LogP contribution in [0.5, 0.6) is 0 Å². The zero-order valence-electron chi connectivity index (χ0n) is 12.9. The molecule has 2 aliphatic carbocycles. The van der Waals surface area contributed by atoms with Gasteiger partial charge in [-0.15, -0.1) is 0 Å². The Morgan fingerprint density at radius 1 is 1.19 bits per heavy atom. The van der Waals surface area contributed by atoms with Crippen molar-refractivity contribution in [2.45, 2.75) is 57.1 Å². The van der Waals surface area contributed by atoms with Crippen LogP contribution in [0.15, 0.2) is 0 Å². The number of carboxylic acid groups (broad SMARTS) is 1. The van der Waals surface area contributed by atoms with Crippen LogP contribution < -0.4 is 10.6 Å². The largest absolute Gasteiger partial charge is 0.481 e. The van der Waals surface area contributed by atoms with E-state index in [1.807, 2.05) is 6.92 Å². The van der Waals surface area contributed by atoms with E-state index in [1.165, 1.54) is 0 Å². The molecule has 0 radical (unpaired) electrons. The first kappa shape index (κ1) is 16.1. The monoisotopic (exact) mass is 298 g/mol. The molecule has 0 aromatic heterocycles. The van der Waals surface area contributed by atoms with E-state index in [1.54, 1.807) is 7.11 Å². The Balaban J connectivity index is 1.69. The Morgan fingerprint density at radius 3 is 2.29 bits per heavy atom. The lowest BCUT2D eigenvalue weighted by Crippen LogP contribution is -2.50. The van der Waals surface area contributed by atoms with Gasteiger partial charge in [-0.05, 0) is 51.4 Å². The molecule has 120 valence electrons. The van der Waals surface area contributed by atoms with Crippen molar-refractivity contribution in [2.24, 2.45) is 11.8 Å². The van der Waals surface area contributed by atoms with Crippen molar-refractivity contribution in [1.29, 1.82) is 0 Å². The Morgan fingerprint density at radius 2 is 1.81 bits per heavy atom. The zero-order chi connectivity index (χ0) is 15.5. The van der Waals surface area contributed by atoms with E-state index < -0.39 is 5.97 Å². The second-order valence-electron chi connectivity index (χ2n) is 6.50. The lowest BCUT2D eigenvalue weighted by atomic mass is 9.86. The molecular weight excluding hydrogens is 272 g/mol. The van der Waals surface area contributed by atoms with Gasteiger partial charge in [-0.25, -0.2) is 4.79 Å². The topological polar surface area (TPSA) is 87.7 Å². The number of amides is 2. The summed E-state index contributed by atoms with van der Waals surface area (Å²) in [6, 6.07) is -0.104. The molecule has 2 aliphatic rings. The summed E-state index contributed by atoms with van der Waals surface area (Å²) in [5.41, 5.74) is -0.279. The molecule has 0 aromatic carbocycles. The Hall–Kier alpha value is -1.30. The molecule has 0 saturated heterocycles. The van der Waals surface area contributed by atoms with Gasteiger partial charge in [-0.2, -0.15) is 0 Å². The predicted octanol–water partition coefficient (Wildman–Crippen LogP) is 1.74. The number of carbonyl (C=O) groups is 2. The van der Waals surface area contributed by atoms with Gasteiger partial charge in [0.25, 0.3) is 0 Å². The van der Waals surface area contributed by atoms with Crippen LogP contribution in [0, 0.1) is 11.8 Å². The maximum atomic E-state index is 11.9. The van der Waals surface area contributed by atoms with Gasteiger partial charge in [0, 0.05) is 19.7 Å². The molecule has 0 aliphatic heterocycles. The van der Waals surface area contributed by atoms with E-state index in [-0.39, 0.29) is 23.6 Å². The summed E-state index contributed by atoms with van der Waals surface area (Å²) in [6.07, 6.45) is 5.05. The summed E-state index contributed by atoms with van der Waals surface area (Å²) < 4.78 is 5.53. The molecule has 0 aromatic rings. The number of hydrogen-bond donors (Lipinski definition) is 3. The minimum Gasteiger partial charge on any atom is -0.481 e. The van der Waals surface area contributed by atoms with E-state index in [4.69, 9.17) is 9.84 Å². The number of rotatable bonds is 6. The third-order valence-electron chi connectivity index (χ3n) is 4.92. The summed E-state index contributed by atoms with van der Waals surface area (Å²) >= 11 is 0. The van der Waals surface area contributed by atoms with Gasteiger partial charge in [0.2, 0.25) is 0 Å². The molecule has 0 spiro atoms. The number of methoxy groups -OCH3 is 1. The summed E-state index contributed by atoms with van der Waals surface area (Å²) in [7, 11) is 1.69. The van der Waals surface area contributed by atoms with Crippen LogP contribution in [0.2, 0.25) is 0 Å². The van der Waals surface area contributed by atoms with Gasteiger partial charge in [0.1, 0.15) is 0 Å². The van der Waals surface area contributed by atoms with Gasteiger partial charge in [0.05, 0.1) is 11.5 Å². The lowest BCUT2D eigenvalue weighted by Gasteiger charge is -2.30. The third kappa shape index (κ3) is 4.33. The quantitative estimate of drug-likeness (QED) is 0.697. The highest BCUT2D eigenvalue weighted by Crippen LogP contribution is 2.41. The van der Waals surface area contributed by atoms with Crippen LogP contribution in [0.3, 0.4) is 0 Å². The highest BCUT2D eigenvalue weighted by atomic mass is 16.5. The number of aliphatic carboxylic acids is 1. The molecule has 0 bridgehead atoms. The molecule has 2 amide bonds. The first-order valence-corrected chi connectivity index (χ1v) is 7.77. The maximum Gasteiger partial charge on any atom is 0.315 e. The summed E-state index contributed by atoms with van der Waals surface area (Å²) in [5.74, 6) is -0.440. The number of carboxylic acids is 1. The van der Waals surface area contributed by atoms with Crippen molar-refractivity contribution in [3.8, 4) is 0 Å². The minimum absolute atomic E-state index is 0.0790. The van der Waals surface area contributed by atoms with Crippen molar-refractivity contribution >= 4 is 12.0 Å². The van der Waals surface area contributed by atoms with Crippen molar-refractivity contribution in [1.82, 2.24) is 10.6 Å². The van der Waals surface area contributed by atoms with E-state index in [9.17, 15) is 9.59 Å². The SMILES string of the molecule is COC(C)(CNC(=O)NC1CCC(C(=O)O)CC1)C1CC1. The van der Waals surface area contributed by atoms with Crippen molar-refractivity contribution < 1.29 is 19.4 Å². The Labute approximate surface area is 125 Å². The lowest BCUT2D eigenvalue weighted by molar-refractivity contribution is -0.142. The smallest absolute Gasteiger partial charge is 0.315 e. The van der Waals surface area contributed by atoms with Gasteiger partial charge < -0.3 is 20.5 Å². The van der Waals surface area contributed by atoms with E-state index in [0.29, 0.717) is 25.3 Å². The first-order valence-electron chi connectivity index (χ1n) is 7.77. The number of nitrogens with one attached hydrogen (secondary N) is 2. The fraction of sp³-hybridized carbons (Fsp3) is 0.867. The molecule has 1 unspecified atom stereocenters. The fourth-order valence-electron chi connectivity index (χ4n) is 3.05. The average molecular weight is 298 g/mol. The molecule has 6 nitrogen and oxygen atoms in total. The molecule has 6 heteroatoms. The molecule has 2 saturated carbocycles. The molecule has 1 atom stereocenters. The first-order chi connectivity index (χ1) is 9.94. The van der Waals surface area contributed by atoms with Crippen LogP contribution in [0.1, 0.15) is 45.4 Å². The number of carbonyl (C=O) groups excluding carboxylic acids is 1. The van der Waals surface area contributed by atoms with Crippen LogP contribution in [-0.2, 0) is 9.53 Å². The summed E-state index contributed by atoms with van der Waals surface area (Å²) in [4.78, 5) is 22.8. The number of hydrogen-bond acceptors (Lipinski definition) is 3. The minimum atomic E-state index is -0.724. The van der Waals surface area contributed by atoms with Gasteiger partial charge in [0.15, 0.2) is 0 Å². The molecule has 2 rings (SSSR count). The highest BCUT2D eigenvalue weighted by Gasteiger charge is 2.42. The number of urea groups is 1. The average Bonchev–Trinajstić information content (AvgIpc) is 3.30. The van der Waals surface area contributed by atoms with Crippen LogP contribution in [-0.4, -0.2) is 42.4 Å². The molecule has 21 heavy (non-hydrogen) atoms. The van der Waals surface area contributed by atoms with Gasteiger partial charge in [-0.3, -0.25) is 4.79 Å². The second-order valence-corrected chi connectivity index (χ2v) is 6.50. The summed E-state index contributed by atoms with van der Waals surface area (Å²) in [5, 5.41) is 14.8. The normalized spacial score (nSPS) is 28.5. The van der Waals surface area contributed by atoms with Crippen LogP contribution in [0.25, 0.3) is 0 Å². The standard InChI is InChI=1S/C15H26N2O4/c1-15(21-2,11-5-6-11)9-16-14(20)17-12-7-3-10(4-8-12)13(18)19/h10-12H,3-9H2,1-2H3,(H,18,19)(H2,16,17,20). The highest BCUT2D eigenvalue weighted by molar-refractivity contribution is 5.74. The van der Waals surface area contributed by atoms with Crippen LogP contribution in [0.4, 0.5) is 4.79 Å². The third-order valence-corrected chi connectivity index (χ3v) is 4.92. The Bertz CT molecular complexity index is 389. The Kier molecular flexibility index (Phi) is 5.08. The maximum absolute atomic E-state index is 11.9. The molecule has 2 fully saturated rings. The zero-order valence-corrected chi connectivity index (χ0v) is 12.9. The molecule has 3 N–H and O–H groups in total. The van der Waals surface area contributed by atoms with Crippen LogP contribution >= 0.6 is 0 Å². The molecular formula is C15H26N2O4. The number of ether oxygens (including phenoxy) is 1. The molecule has 0 heterocycles. The van der Waals surface area contributed by atoms with E-state index in [0.717, 1.165) is 25.7 Å². The second kappa shape index (κ2) is 6.64. The van der Waals surface area contributed by atoms with Crippen molar-refractivity contribution in [2.75, 3.05) is 13.7 Å². The predicted molar refractivity (Wildman–Crippen MR) is 78.1 cm³/mol. The van der Waals surface area contributed by atoms with Gasteiger partial charge in [-0.1, -0.05) is 0 Å². The van der Waals surface area contributed by atoms with E-state index >= 15 is 0 Å². The van der Waals surface area contributed by atoms with Gasteiger partial charge >= 0.3 is 12.0 Å². The fourth-order valence-corrected chi connectivity index (χ4v) is 3.05. The summed E-state index contributed by atoms with van der Waals surface area (Å²) in [6.45, 7) is 2.54. The van der Waals surface area contributed by atoms with Crippen molar-refractivity contribution in [3.63, 3.8) is 0 Å².